The molecule has 0 spiro atoms. The van der Waals surface area contributed by atoms with Crippen molar-refractivity contribution in [2.24, 2.45) is 11.8 Å². The van der Waals surface area contributed by atoms with Gasteiger partial charge in [-0.05, 0) is 19.3 Å². The van der Waals surface area contributed by atoms with Crippen molar-refractivity contribution in [3.63, 3.8) is 0 Å². The van der Waals surface area contributed by atoms with E-state index in [1.807, 2.05) is 0 Å². The maximum absolute atomic E-state index is 12.5. The molecule has 0 bridgehead atoms. The third-order valence-electron chi connectivity index (χ3n) is 4.29. The van der Waals surface area contributed by atoms with Crippen LogP contribution in [0.3, 0.4) is 0 Å². The van der Waals surface area contributed by atoms with Gasteiger partial charge in [0.05, 0.1) is 11.8 Å². The molecule has 1 aliphatic heterocycles. The van der Waals surface area contributed by atoms with Crippen molar-refractivity contribution in [2.45, 2.75) is 38.3 Å². The number of amides is 1. The van der Waals surface area contributed by atoms with Crippen LogP contribution in [0.5, 0.6) is 0 Å². The summed E-state index contributed by atoms with van der Waals surface area (Å²) in [6, 6.07) is 0. The molecule has 0 radical (unpaired) electrons. The minimum atomic E-state index is -4.34. The number of carboxylic acids is 1. The average molecular weight is 305 g/mol. The van der Waals surface area contributed by atoms with Gasteiger partial charge >= 0.3 is 12.1 Å². The zero-order valence-electron chi connectivity index (χ0n) is 11.5. The molecule has 2 atom stereocenters. The van der Waals surface area contributed by atoms with Gasteiger partial charge in [-0.15, -0.1) is 0 Å². The molecular formula is C14H18F3NO3. The van der Waals surface area contributed by atoms with Gasteiger partial charge in [-0.1, -0.05) is 18.9 Å². The van der Waals surface area contributed by atoms with Gasteiger partial charge in [0.15, 0.2) is 0 Å². The van der Waals surface area contributed by atoms with Gasteiger partial charge < -0.3 is 10.0 Å². The summed E-state index contributed by atoms with van der Waals surface area (Å²) in [6.07, 6.45) is -1.01. The first-order valence-electron chi connectivity index (χ1n) is 7.08. The Labute approximate surface area is 120 Å². The summed E-state index contributed by atoms with van der Waals surface area (Å²) >= 11 is 0. The van der Waals surface area contributed by atoms with Crippen molar-refractivity contribution < 1.29 is 27.9 Å². The number of aliphatic carboxylic acids is 1. The smallest absolute Gasteiger partial charge is 0.412 e. The molecule has 4 nitrogen and oxygen atoms in total. The van der Waals surface area contributed by atoms with E-state index in [-0.39, 0.29) is 25.4 Å². The normalized spacial score (nSPS) is 27.2. The molecule has 0 aromatic carbocycles. The number of rotatable bonds is 2. The van der Waals surface area contributed by atoms with E-state index in [0.29, 0.717) is 12.8 Å². The fourth-order valence-corrected chi connectivity index (χ4v) is 3.08. The van der Waals surface area contributed by atoms with E-state index < -0.39 is 29.6 Å². The van der Waals surface area contributed by atoms with E-state index in [1.54, 1.807) is 0 Å². The standard InChI is InChI=1S/C14H18F3NO3/c15-14(16,17)9-5-7-18(8-6-9)12(19)10-3-1-2-4-11(10)13(20)21/h5,10-11H,1-4,6-8H2,(H,20,21)/t10-,11+/m1/s1. The van der Waals surface area contributed by atoms with Crippen LogP contribution in [0, 0.1) is 11.8 Å². The lowest BCUT2D eigenvalue weighted by atomic mass is 9.78. The van der Waals surface area contributed by atoms with Gasteiger partial charge in [0.25, 0.3) is 0 Å². The molecule has 2 rings (SSSR count). The van der Waals surface area contributed by atoms with Gasteiger partial charge in [-0.2, -0.15) is 13.2 Å². The Hall–Kier alpha value is -1.53. The highest BCUT2D eigenvalue weighted by Gasteiger charge is 2.40. The first-order valence-corrected chi connectivity index (χ1v) is 7.08. The van der Waals surface area contributed by atoms with Crippen LogP contribution in [0.15, 0.2) is 11.6 Å². The maximum Gasteiger partial charge on any atom is 0.412 e. The first kappa shape index (κ1) is 15.9. The van der Waals surface area contributed by atoms with Crippen LogP contribution in [-0.4, -0.2) is 41.1 Å². The molecule has 118 valence electrons. The summed E-state index contributed by atoms with van der Waals surface area (Å²) in [5, 5.41) is 9.17. The summed E-state index contributed by atoms with van der Waals surface area (Å²) in [7, 11) is 0. The highest BCUT2D eigenvalue weighted by Crippen LogP contribution is 2.34. The van der Waals surface area contributed by atoms with Crippen LogP contribution in [0.4, 0.5) is 13.2 Å². The number of carbonyl (C=O) groups is 2. The van der Waals surface area contributed by atoms with Crippen LogP contribution < -0.4 is 0 Å². The molecule has 7 heteroatoms. The highest BCUT2D eigenvalue weighted by molar-refractivity contribution is 5.85. The topological polar surface area (TPSA) is 57.6 Å². The van der Waals surface area contributed by atoms with E-state index in [1.165, 1.54) is 4.90 Å². The third-order valence-corrected chi connectivity index (χ3v) is 4.29. The number of carbonyl (C=O) groups excluding carboxylic acids is 1. The van der Waals surface area contributed by atoms with Gasteiger partial charge in [0, 0.05) is 18.7 Å². The maximum atomic E-state index is 12.5. The predicted molar refractivity (Wildman–Crippen MR) is 68.4 cm³/mol. The van der Waals surface area contributed by atoms with Crippen LogP contribution in [0.2, 0.25) is 0 Å². The van der Waals surface area contributed by atoms with Crippen molar-refractivity contribution in [1.29, 1.82) is 0 Å². The Morgan fingerprint density at radius 1 is 1.19 bits per heavy atom. The summed E-state index contributed by atoms with van der Waals surface area (Å²) in [6.45, 7) is -0.0798. The molecule has 1 fully saturated rings. The summed E-state index contributed by atoms with van der Waals surface area (Å²) in [4.78, 5) is 24.9. The molecule has 1 N–H and O–H groups in total. The fourth-order valence-electron chi connectivity index (χ4n) is 3.08. The van der Waals surface area contributed by atoms with E-state index in [0.717, 1.165) is 18.9 Å². The number of alkyl halides is 3. The van der Waals surface area contributed by atoms with Gasteiger partial charge in [0.2, 0.25) is 5.91 Å². The lowest BCUT2D eigenvalue weighted by molar-refractivity contribution is -0.152. The molecule has 0 aromatic rings. The van der Waals surface area contributed by atoms with E-state index >= 15 is 0 Å². The molecule has 0 unspecified atom stereocenters. The van der Waals surface area contributed by atoms with Crippen molar-refractivity contribution in [3.05, 3.63) is 11.6 Å². The van der Waals surface area contributed by atoms with Crippen LogP contribution in [0.25, 0.3) is 0 Å². The van der Waals surface area contributed by atoms with E-state index in [9.17, 15) is 27.9 Å². The molecule has 21 heavy (non-hydrogen) atoms. The van der Waals surface area contributed by atoms with Crippen molar-refractivity contribution >= 4 is 11.9 Å². The molecule has 1 aliphatic carbocycles. The van der Waals surface area contributed by atoms with Gasteiger partial charge in [0.1, 0.15) is 0 Å². The molecule has 1 amide bonds. The lowest BCUT2D eigenvalue weighted by Gasteiger charge is -2.34. The fraction of sp³-hybridized carbons (Fsp3) is 0.714. The Balaban J connectivity index is 2.04. The molecule has 1 heterocycles. The van der Waals surface area contributed by atoms with Crippen LogP contribution in [-0.2, 0) is 9.59 Å². The molecule has 1 saturated carbocycles. The van der Waals surface area contributed by atoms with Crippen molar-refractivity contribution in [3.8, 4) is 0 Å². The second kappa shape index (κ2) is 6.07. The highest BCUT2D eigenvalue weighted by atomic mass is 19.4. The Morgan fingerprint density at radius 2 is 1.81 bits per heavy atom. The van der Waals surface area contributed by atoms with Gasteiger partial charge in [-0.25, -0.2) is 0 Å². The summed E-state index contributed by atoms with van der Waals surface area (Å²) in [5.41, 5.74) is -0.607. The first-order chi connectivity index (χ1) is 9.80. The Bertz CT molecular complexity index is 459. The predicted octanol–water partition coefficient (Wildman–Crippen LogP) is 2.60. The summed E-state index contributed by atoms with van der Waals surface area (Å²) in [5.74, 6) is -2.62. The largest absolute Gasteiger partial charge is 0.481 e. The molecule has 0 saturated heterocycles. The van der Waals surface area contributed by atoms with Crippen LogP contribution in [0.1, 0.15) is 32.1 Å². The number of hydrogen-bond donors (Lipinski definition) is 1. The van der Waals surface area contributed by atoms with E-state index in [2.05, 4.69) is 0 Å². The molecule has 2 aliphatic rings. The zero-order valence-corrected chi connectivity index (χ0v) is 11.5. The lowest BCUT2D eigenvalue weighted by Crippen LogP contribution is -2.44. The molecule has 0 aromatic heterocycles. The second-order valence-electron chi connectivity index (χ2n) is 5.60. The Kier molecular flexibility index (Phi) is 4.58. The minimum absolute atomic E-state index is 0.00696. The van der Waals surface area contributed by atoms with Crippen LogP contribution >= 0.6 is 0 Å². The zero-order chi connectivity index (χ0) is 15.6. The minimum Gasteiger partial charge on any atom is -0.481 e. The number of hydrogen-bond acceptors (Lipinski definition) is 2. The SMILES string of the molecule is O=C(O)[C@H]1CCCC[C@H]1C(=O)N1CC=C(C(F)(F)F)CC1. The van der Waals surface area contributed by atoms with Crippen molar-refractivity contribution in [1.82, 2.24) is 4.90 Å². The monoisotopic (exact) mass is 305 g/mol. The van der Waals surface area contributed by atoms with Gasteiger partial charge in [-0.3, -0.25) is 9.59 Å². The number of nitrogens with zero attached hydrogens (tertiary/aromatic N) is 1. The third kappa shape index (κ3) is 3.57. The van der Waals surface area contributed by atoms with Crippen molar-refractivity contribution in [2.75, 3.05) is 13.1 Å². The molecular weight excluding hydrogens is 287 g/mol. The second-order valence-corrected chi connectivity index (χ2v) is 5.60. The number of halogens is 3. The summed E-state index contributed by atoms with van der Waals surface area (Å²) < 4.78 is 37.6. The number of carboxylic acid groups (broad SMARTS) is 1. The Morgan fingerprint density at radius 3 is 2.29 bits per heavy atom. The van der Waals surface area contributed by atoms with E-state index in [4.69, 9.17) is 0 Å². The quantitative estimate of drug-likeness (QED) is 0.798. The average Bonchev–Trinajstić information content (AvgIpc) is 2.45.